The summed E-state index contributed by atoms with van der Waals surface area (Å²) in [6.45, 7) is 1.96. The summed E-state index contributed by atoms with van der Waals surface area (Å²) in [5.41, 5.74) is 0. The number of aliphatic carboxylic acids is 1. The van der Waals surface area contributed by atoms with Crippen molar-refractivity contribution in [2.75, 3.05) is 0 Å². The molecule has 1 atom stereocenters. The first-order chi connectivity index (χ1) is 6.18. The predicted molar refractivity (Wildman–Crippen MR) is 48.7 cm³/mol. The Bertz CT molecular complexity index is 260. The van der Waals surface area contributed by atoms with E-state index in [2.05, 4.69) is 4.98 Å². The van der Waals surface area contributed by atoms with Crippen LogP contribution in [0.5, 0.6) is 0 Å². The number of aromatic nitrogens is 1. The minimum Gasteiger partial charge on any atom is -0.481 e. The van der Waals surface area contributed by atoms with Crippen molar-refractivity contribution in [3.63, 3.8) is 0 Å². The quantitative estimate of drug-likeness (QED) is 0.738. The number of oxazole rings is 1. The van der Waals surface area contributed by atoms with Crippen LogP contribution < -0.4 is 0 Å². The van der Waals surface area contributed by atoms with Gasteiger partial charge in [0.1, 0.15) is 6.26 Å². The molecule has 0 saturated carbocycles. The topological polar surface area (TPSA) is 63.3 Å². The molecule has 5 heteroatoms. The molecule has 1 unspecified atom stereocenters. The van der Waals surface area contributed by atoms with Crippen LogP contribution in [0.4, 0.5) is 0 Å². The Morgan fingerprint density at radius 1 is 1.85 bits per heavy atom. The van der Waals surface area contributed by atoms with Crippen LogP contribution in [0.15, 0.2) is 22.1 Å². The third kappa shape index (κ3) is 3.98. The van der Waals surface area contributed by atoms with Gasteiger partial charge in [0.05, 0.1) is 6.20 Å². The number of rotatable bonds is 5. The summed E-state index contributed by atoms with van der Waals surface area (Å²) in [7, 11) is 0. The zero-order valence-corrected chi connectivity index (χ0v) is 8.08. The lowest BCUT2D eigenvalue weighted by Gasteiger charge is -2.05. The SMILES string of the molecule is CC(CCC(=O)O)Sc1ncco1. The fourth-order valence-corrected chi connectivity index (χ4v) is 1.64. The van der Waals surface area contributed by atoms with Gasteiger partial charge in [-0.1, -0.05) is 18.7 Å². The van der Waals surface area contributed by atoms with E-state index < -0.39 is 5.97 Å². The van der Waals surface area contributed by atoms with Gasteiger partial charge in [0.25, 0.3) is 5.22 Å². The van der Waals surface area contributed by atoms with E-state index in [1.165, 1.54) is 18.0 Å². The molecular formula is C8H11NO3S. The summed E-state index contributed by atoms with van der Waals surface area (Å²) in [5, 5.41) is 9.25. The molecule has 0 saturated heterocycles. The van der Waals surface area contributed by atoms with Crippen molar-refractivity contribution >= 4 is 17.7 Å². The van der Waals surface area contributed by atoms with Crippen LogP contribution in [0.3, 0.4) is 0 Å². The second kappa shape index (κ2) is 4.91. The molecule has 1 N–H and O–H groups in total. The van der Waals surface area contributed by atoms with Crippen LogP contribution in [-0.2, 0) is 4.79 Å². The van der Waals surface area contributed by atoms with Gasteiger partial charge in [0, 0.05) is 11.7 Å². The van der Waals surface area contributed by atoms with Gasteiger partial charge in [-0.3, -0.25) is 4.79 Å². The minimum atomic E-state index is -0.764. The highest BCUT2D eigenvalue weighted by Gasteiger charge is 2.09. The van der Waals surface area contributed by atoms with Crippen LogP contribution in [0.25, 0.3) is 0 Å². The summed E-state index contributed by atoms with van der Waals surface area (Å²) in [5.74, 6) is -0.764. The highest BCUT2D eigenvalue weighted by molar-refractivity contribution is 7.99. The van der Waals surface area contributed by atoms with Gasteiger partial charge in [-0.25, -0.2) is 4.98 Å². The maximum Gasteiger partial charge on any atom is 0.303 e. The first kappa shape index (κ1) is 10.1. The molecule has 1 aromatic heterocycles. The highest BCUT2D eigenvalue weighted by Crippen LogP contribution is 2.23. The van der Waals surface area contributed by atoms with Crippen molar-refractivity contribution in [1.82, 2.24) is 4.98 Å². The van der Waals surface area contributed by atoms with Crippen LogP contribution in [0, 0.1) is 0 Å². The summed E-state index contributed by atoms with van der Waals surface area (Å²) >= 11 is 1.45. The van der Waals surface area contributed by atoms with Crippen LogP contribution in [0.2, 0.25) is 0 Å². The minimum absolute atomic E-state index is 0.189. The Balaban J connectivity index is 2.25. The number of carboxylic acid groups (broad SMARTS) is 1. The Labute approximate surface area is 80.3 Å². The van der Waals surface area contributed by atoms with Gasteiger partial charge < -0.3 is 9.52 Å². The van der Waals surface area contributed by atoms with E-state index in [4.69, 9.17) is 9.52 Å². The molecule has 0 amide bonds. The lowest BCUT2D eigenvalue weighted by atomic mass is 10.2. The number of carboxylic acids is 1. The molecule has 1 heterocycles. The first-order valence-electron chi connectivity index (χ1n) is 3.96. The van der Waals surface area contributed by atoms with E-state index in [-0.39, 0.29) is 11.7 Å². The van der Waals surface area contributed by atoms with Gasteiger partial charge in [0.2, 0.25) is 0 Å². The maximum atomic E-state index is 10.3. The second-order valence-electron chi connectivity index (χ2n) is 2.66. The molecule has 0 aromatic carbocycles. The average Bonchev–Trinajstić information content (AvgIpc) is 2.53. The van der Waals surface area contributed by atoms with Crippen molar-refractivity contribution in [2.24, 2.45) is 0 Å². The first-order valence-corrected chi connectivity index (χ1v) is 4.84. The van der Waals surface area contributed by atoms with Crippen molar-refractivity contribution in [3.05, 3.63) is 12.5 Å². The molecule has 0 aliphatic heterocycles. The van der Waals surface area contributed by atoms with E-state index in [0.29, 0.717) is 11.6 Å². The third-order valence-electron chi connectivity index (χ3n) is 1.48. The zero-order valence-electron chi connectivity index (χ0n) is 7.27. The maximum absolute atomic E-state index is 10.3. The van der Waals surface area contributed by atoms with Gasteiger partial charge in [-0.05, 0) is 6.42 Å². The molecule has 13 heavy (non-hydrogen) atoms. The van der Waals surface area contributed by atoms with Crippen molar-refractivity contribution in [2.45, 2.75) is 30.2 Å². The molecule has 72 valence electrons. The molecule has 4 nitrogen and oxygen atoms in total. The smallest absolute Gasteiger partial charge is 0.303 e. The normalized spacial score (nSPS) is 12.7. The van der Waals surface area contributed by atoms with Gasteiger partial charge >= 0.3 is 5.97 Å². The summed E-state index contributed by atoms with van der Waals surface area (Å²) < 4.78 is 5.02. The molecule has 1 rings (SSSR count). The summed E-state index contributed by atoms with van der Waals surface area (Å²) in [6.07, 6.45) is 3.90. The summed E-state index contributed by atoms with van der Waals surface area (Å²) in [4.78, 5) is 14.2. The van der Waals surface area contributed by atoms with Gasteiger partial charge in [-0.15, -0.1) is 0 Å². The van der Waals surface area contributed by atoms with Gasteiger partial charge in [0.15, 0.2) is 0 Å². The number of hydrogen-bond acceptors (Lipinski definition) is 4. The number of hydrogen-bond donors (Lipinski definition) is 1. The molecule has 0 fully saturated rings. The zero-order chi connectivity index (χ0) is 9.68. The Hall–Kier alpha value is -0.970. The fourth-order valence-electron chi connectivity index (χ4n) is 0.826. The Morgan fingerprint density at radius 3 is 3.15 bits per heavy atom. The number of thioether (sulfide) groups is 1. The largest absolute Gasteiger partial charge is 0.481 e. The van der Waals surface area contributed by atoms with E-state index in [9.17, 15) is 4.79 Å². The molecule has 0 spiro atoms. The van der Waals surface area contributed by atoms with Gasteiger partial charge in [-0.2, -0.15) is 0 Å². The lowest BCUT2D eigenvalue weighted by molar-refractivity contribution is -0.137. The monoisotopic (exact) mass is 201 g/mol. The van der Waals surface area contributed by atoms with Crippen LogP contribution >= 0.6 is 11.8 Å². The predicted octanol–water partition coefficient (Wildman–Crippen LogP) is 2.02. The van der Waals surface area contributed by atoms with E-state index in [1.807, 2.05) is 6.92 Å². The lowest BCUT2D eigenvalue weighted by Crippen LogP contribution is -2.02. The highest BCUT2D eigenvalue weighted by atomic mass is 32.2. The molecular weight excluding hydrogens is 190 g/mol. The van der Waals surface area contributed by atoms with E-state index in [0.717, 1.165) is 0 Å². The van der Waals surface area contributed by atoms with E-state index >= 15 is 0 Å². The third-order valence-corrected chi connectivity index (χ3v) is 2.52. The van der Waals surface area contributed by atoms with Crippen LogP contribution in [-0.4, -0.2) is 21.3 Å². The molecule has 0 aliphatic rings. The standard InChI is InChI=1S/C8H11NO3S/c1-6(2-3-7(10)11)13-8-9-4-5-12-8/h4-6H,2-3H2,1H3,(H,10,11). The Morgan fingerprint density at radius 2 is 2.62 bits per heavy atom. The number of nitrogens with zero attached hydrogens (tertiary/aromatic N) is 1. The van der Waals surface area contributed by atoms with E-state index in [1.54, 1.807) is 6.20 Å². The molecule has 1 aromatic rings. The van der Waals surface area contributed by atoms with Crippen molar-refractivity contribution in [3.8, 4) is 0 Å². The summed E-state index contributed by atoms with van der Waals surface area (Å²) in [6, 6.07) is 0. The van der Waals surface area contributed by atoms with Crippen molar-refractivity contribution in [1.29, 1.82) is 0 Å². The number of carbonyl (C=O) groups is 1. The van der Waals surface area contributed by atoms with Crippen molar-refractivity contribution < 1.29 is 14.3 Å². The molecule has 0 bridgehead atoms. The fraction of sp³-hybridized carbons (Fsp3) is 0.500. The Kier molecular flexibility index (Phi) is 3.82. The second-order valence-corrected chi connectivity index (χ2v) is 4.05. The molecule has 0 radical (unpaired) electrons. The average molecular weight is 201 g/mol. The van der Waals surface area contributed by atoms with Crippen LogP contribution in [0.1, 0.15) is 19.8 Å². The molecule has 0 aliphatic carbocycles.